The van der Waals surface area contributed by atoms with E-state index >= 15 is 0 Å². The van der Waals surface area contributed by atoms with E-state index in [4.69, 9.17) is 16.3 Å². The van der Waals surface area contributed by atoms with Gasteiger partial charge in [-0.3, -0.25) is 23.6 Å². The molecule has 0 saturated heterocycles. The summed E-state index contributed by atoms with van der Waals surface area (Å²) in [6.45, 7) is 4.64. The van der Waals surface area contributed by atoms with Gasteiger partial charge in [0.1, 0.15) is 22.3 Å². The van der Waals surface area contributed by atoms with E-state index in [1.165, 1.54) is 33.3 Å². The first-order valence-corrected chi connectivity index (χ1v) is 11.9. The zero-order chi connectivity index (χ0) is 26.0. The molecule has 1 amide bonds. The Balaban J connectivity index is 1.69. The molecule has 0 unspecified atom stereocenters. The lowest BCUT2D eigenvalue weighted by Crippen LogP contribution is -2.40. The molecule has 0 radical (unpaired) electrons. The third kappa shape index (κ3) is 4.61. The second kappa shape index (κ2) is 10.3. The van der Waals surface area contributed by atoms with Crippen LogP contribution in [0.5, 0.6) is 5.88 Å². The summed E-state index contributed by atoms with van der Waals surface area (Å²) in [6.07, 6.45) is 2.92. The van der Waals surface area contributed by atoms with Crippen LogP contribution in [0.3, 0.4) is 0 Å². The van der Waals surface area contributed by atoms with Gasteiger partial charge in [0.05, 0.1) is 7.11 Å². The number of carbonyl (C=O) groups is 1. The van der Waals surface area contributed by atoms with Crippen LogP contribution in [-0.4, -0.2) is 49.1 Å². The second-order valence-corrected chi connectivity index (χ2v) is 8.55. The summed E-state index contributed by atoms with van der Waals surface area (Å²) in [5.74, 6) is 0.674. The molecule has 4 rings (SSSR count). The van der Waals surface area contributed by atoms with E-state index in [-0.39, 0.29) is 28.1 Å². The summed E-state index contributed by atoms with van der Waals surface area (Å²) in [5.41, 5.74) is 0.719. The highest BCUT2D eigenvalue weighted by Crippen LogP contribution is 2.22. The average Bonchev–Trinajstić information content (AvgIpc) is 3.33. The van der Waals surface area contributed by atoms with Crippen LogP contribution in [0, 0.1) is 0 Å². The Morgan fingerprint density at radius 1 is 1.11 bits per heavy atom. The van der Waals surface area contributed by atoms with Crippen LogP contribution in [0.4, 0.5) is 5.82 Å². The molecule has 4 heterocycles. The molecular weight excluding hydrogens is 486 g/mol. The lowest BCUT2D eigenvalue weighted by atomic mass is 10.2. The quantitative estimate of drug-likeness (QED) is 0.360. The van der Waals surface area contributed by atoms with Gasteiger partial charge in [-0.1, -0.05) is 25.4 Å². The summed E-state index contributed by atoms with van der Waals surface area (Å²) in [6, 6.07) is 6.34. The summed E-state index contributed by atoms with van der Waals surface area (Å²) in [4.78, 5) is 56.2. The van der Waals surface area contributed by atoms with Crippen LogP contribution in [0.2, 0.25) is 5.15 Å². The van der Waals surface area contributed by atoms with E-state index < -0.39 is 5.56 Å². The molecule has 0 aliphatic rings. The third-order valence-corrected chi connectivity index (χ3v) is 5.85. The number of methoxy groups -OCH3 is 1. The molecule has 0 atom stereocenters. The molecule has 0 aromatic carbocycles. The molecule has 0 bridgehead atoms. The van der Waals surface area contributed by atoms with Gasteiger partial charge in [-0.2, -0.15) is 0 Å². The number of imidazole rings is 1. The number of halogens is 1. The molecule has 0 aliphatic carbocycles. The first-order chi connectivity index (χ1) is 17.3. The normalized spacial score (nSPS) is 11.1. The Bertz CT molecular complexity index is 1540. The number of amides is 1. The molecule has 0 aliphatic heterocycles. The lowest BCUT2D eigenvalue weighted by molar-refractivity contribution is 0.0991. The molecule has 11 nitrogen and oxygen atoms in total. The maximum atomic E-state index is 13.0. The highest BCUT2D eigenvalue weighted by molar-refractivity contribution is 6.30. The zero-order valence-electron chi connectivity index (χ0n) is 20.4. The highest BCUT2D eigenvalue weighted by atomic mass is 35.5. The molecule has 12 heteroatoms. The zero-order valence-corrected chi connectivity index (χ0v) is 21.2. The van der Waals surface area contributed by atoms with Crippen LogP contribution in [0.1, 0.15) is 37.0 Å². The van der Waals surface area contributed by atoms with Gasteiger partial charge in [-0.25, -0.2) is 19.7 Å². The molecular formula is C24H26ClN7O4. The standard InChI is InChI=1S/C24H26ClN7O4/c1-5-9-31-21-19(23(34)32(10-6-2)24(31)35)28-20(29-21)14-7-8-17(26-13-14)30(3)22(33)15-11-16(25)27-18(12-15)36-4/h7-8,11-13H,5-6,9-10H2,1-4H3,(H,28,29). The van der Waals surface area contributed by atoms with Crippen LogP contribution >= 0.6 is 11.6 Å². The molecule has 1 N–H and O–H groups in total. The van der Waals surface area contributed by atoms with Gasteiger partial charge >= 0.3 is 5.69 Å². The molecule has 36 heavy (non-hydrogen) atoms. The Morgan fingerprint density at radius 3 is 2.47 bits per heavy atom. The van der Waals surface area contributed by atoms with E-state index in [0.29, 0.717) is 54.3 Å². The fraction of sp³-hybridized carbons (Fsp3) is 0.333. The number of ether oxygens (including phenoxy) is 1. The van der Waals surface area contributed by atoms with Crippen LogP contribution in [-0.2, 0) is 13.1 Å². The monoisotopic (exact) mass is 511 g/mol. The number of carbonyl (C=O) groups excluding carboxylic acids is 1. The maximum absolute atomic E-state index is 13.0. The number of aromatic amines is 1. The van der Waals surface area contributed by atoms with E-state index in [9.17, 15) is 14.4 Å². The van der Waals surface area contributed by atoms with Crippen molar-refractivity contribution in [2.24, 2.45) is 0 Å². The molecule has 0 fully saturated rings. The van der Waals surface area contributed by atoms with Gasteiger partial charge in [0, 0.05) is 43.5 Å². The van der Waals surface area contributed by atoms with Crippen molar-refractivity contribution in [1.29, 1.82) is 0 Å². The van der Waals surface area contributed by atoms with Crippen molar-refractivity contribution < 1.29 is 9.53 Å². The number of pyridine rings is 2. The first kappa shape index (κ1) is 25.1. The lowest BCUT2D eigenvalue weighted by Gasteiger charge is -2.17. The van der Waals surface area contributed by atoms with Crippen molar-refractivity contribution >= 4 is 34.5 Å². The topological polar surface area (TPSA) is 128 Å². The van der Waals surface area contributed by atoms with Gasteiger partial charge in [0.15, 0.2) is 5.65 Å². The fourth-order valence-electron chi connectivity index (χ4n) is 3.87. The summed E-state index contributed by atoms with van der Waals surface area (Å²) >= 11 is 5.99. The number of H-pyrrole nitrogens is 1. The van der Waals surface area contributed by atoms with Crippen molar-refractivity contribution in [2.45, 2.75) is 39.8 Å². The number of aromatic nitrogens is 6. The molecule has 4 aromatic heterocycles. The number of hydrogen-bond donors (Lipinski definition) is 1. The van der Waals surface area contributed by atoms with Crippen molar-refractivity contribution in [3.63, 3.8) is 0 Å². The number of nitrogens with zero attached hydrogens (tertiary/aromatic N) is 6. The third-order valence-electron chi connectivity index (χ3n) is 5.65. The number of nitrogens with one attached hydrogen (secondary N) is 1. The summed E-state index contributed by atoms with van der Waals surface area (Å²) in [5, 5.41) is 0.138. The number of fused-ring (bicyclic) bond motifs is 1. The Kier molecular flexibility index (Phi) is 7.20. The van der Waals surface area contributed by atoms with Crippen molar-refractivity contribution in [3.8, 4) is 17.3 Å². The smallest absolute Gasteiger partial charge is 0.332 e. The highest BCUT2D eigenvalue weighted by Gasteiger charge is 2.19. The minimum Gasteiger partial charge on any atom is -0.481 e. The first-order valence-electron chi connectivity index (χ1n) is 11.5. The van der Waals surface area contributed by atoms with Crippen molar-refractivity contribution in [1.82, 2.24) is 29.1 Å². The minimum atomic E-state index is -0.399. The van der Waals surface area contributed by atoms with E-state index in [2.05, 4.69) is 19.9 Å². The largest absolute Gasteiger partial charge is 0.481 e. The van der Waals surface area contributed by atoms with Crippen LogP contribution in [0.25, 0.3) is 22.6 Å². The van der Waals surface area contributed by atoms with Gasteiger partial charge in [-0.05, 0) is 31.0 Å². The predicted octanol–water partition coefficient (Wildman–Crippen LogP) is 3.10. The van der Waals surface area contributed by atoms with Crippen molar-refractivity contribution in [2.75, 3.05) is 19.1 Å². The molecule has 4 aromatic rings. The predicted molar refractivity (Wildman–Crippen MR) is 137 cm³/mol. The van der Waals surface area contributed by atoms with E-state index in [1.54, 1.807) is 25.4 Å². The van der Waals surface area contributed by atoms with Gasteiger partial charge in [-0.15, -0.1) is 0 Å². The number of aryl methyl sites for hydroxylation is 1. The Labute approximate surface area is 211 Å². The molecule has 0 spiro atoms. The van der Waals surface area contributed by atoms with Crippen LogP contribution in [0.15, 0.2) is 40.1 Å². The van der Waals surface area contributed by atoms with E-state index in [1.807, 2.05) is 13.8 Å². The SMILES string of the molecule is CCCn1c(=O)c2[nH]c(-c3ccc(N(C)C(=O)c4cc(Cl)nc(OC)c4)nc3)nc2n(CCC)c1=O. The van der Waals surface area contributed by atoms with Crippen molar-refractivity contribution in [3.05, 3.63) is 62.0 Å². The van der Waals surface area contributed by atoms with Gasteiger partial charge < -0.3 is 9.72 Å². The summed E-state index contributed by atoms with van der Waals surface area (Å²) < 4.78 is 7.84. The fourth-order valence-corrected chi connectivity index (χ4v) is 4.07. The number of hydrogen-bond acceptors (Lipinski definition) is 7. The average molecular weight is 512 g/mol. The maximum Gasteiger partial charge on any atom is 0.332 e. The van der Waals surface area contributed by atoms with E-state index in [0.717, 1.165) is 0 Å². The summed E-state index contributed by atoms with van der Waals surface area (Å²) in [7, 11) is 3.03. The molecule has 0 saturated carbocycles. The second-order valence-electron chi connectivity index (χ2n) is 8.17. The molecule has 188 valence electrons. The number of rotatable bonds is 8. The minimum absolute atomic E-state index is 0.138. The van der Waals surface area contributed by atoms with Gasteiger partial charge in [0.25, 0.3) is 11.5 Å². The Morgan fingerprint density at radius 2 is 1.83 bits per heavy atom. The van der Waals surface area contributed by atoms with Crippen LogP contribution < -0.4 is 20.9 Å². The number of anilines is 1. The Hall–Kier alpha value is -3.99. The van der Waals surface area contributed by atoms with Gasteiger partial charge in [0.2, 0.25) is 5.88 Å².